The Kier molecular flexibility index (Phi) is 4.90. The van der Waals surface area contributed by atoms with Gasteiger partial charge in [-0.3, -0.25) is 4.79 Å². The van der Waals surface area contributed by atoms with E-state index in [0.29, 0.717) is 24.6 Å². The molecule has 3 aromatic rings. The van der Waals surface area contributed by atoms with Gasteiger partial charge in [-0.25, -0.2) is 9.97 Å². The van der Waals surface area contributed by atoms with Crippen molar-refractivity contribution in [3.8, 4) is 0 Å². The highest BCUT2D eigenvalue weighted by molar-refractivity contribution is 5.96. The molecule has 0 spiro atoms. The Hall–Kier alpha value is -2.73. The zero-order valence-electron chi connectivity index (χ0n) is 15.8. The lowest BCUT2D eigenvalue weighted by atomic mass is 10.0. The first-order chi connectivity index (χ1) is 13.1. The van der Waals surface area contributed by atoms with E-state index in [4.69, 9.17) is 0 Å². The van der Waals surface area contributed by atoms with Gasteiger partial charge in [-0.1, -0.05) is 44.2 Å². The van der Waals surface area contributed by atoms with Gasteiger partial charge < -0.3 is 14.8 Å². The Bertz CT molecular complexity index is 934. The Labute approximate surface area is 159 Å². The summed E-state index contributed by atoms with van der Waals surface area (Å²) in [7, 11) is 0. The fraction of sp³-hybridized carbons (Fsp3) is 0.381. The van der Waals surface area contributed by atoms with E-state index in [1.54, 1.807) is 6.20 Å². The second kappa shape index (κ2) is 7.48. The number of hydrogen-bond donors (Lipinski definition) is 1. The first-order valence-corrected chi connectivity index (χ1v) is 9.50. The van der Waals surface area contributed by atoms with E-state index in [2.05, 4.69) is 41.3 Å². The monoisotopic (exact) mass is 363 g/mol. The van der Waals surface area contributed by atoms with E-state index in [0.717, 1.165) is 24.3 Å². The summed E-state index contributed by atoms with van der Waals surface area (Å²) in [6.45, 7) is 7.33. The maximum atomic E-state index is 13.0. The molecule has 1 N–H and O–H groups in total. The third-order valence-corrected chi connectivity index (χ3v) is 4.93. The van der Waals surface area contributed by atoms with Crippen LogP contribution in [0.3, 0.4) is 0 Å². The van der Waals surface area contributed by atoms with Crippen molar-refractivity contribution >= 4 is 17.1 Å². The van der Waals surface area contributed by atoms with E-state index < -0.39 is 0 Å². The molecular formula is C21H25N5O. The number of rotatable bonds is 4. The second-order valence-corrected chi connectivity index (χ2v) is 7.53. The minimum absolute atomic E-state index is 0.0187. The van der Waals surface area contributed by atoms with Gasteiger partial charge in [0.25, 0.3) is 5.91 Å². The molecule has 6 nitrogen and oxygen atoms in total. The van der Waals surface area contributed by atoms with Gasteiger partial charge in [0.1, 0.15) is 5.52 Å². The van der Waals surface area contributed by atoms with Crippen molar-refractivity contribution in [2.45, 2.75) is 26.4 Å². The van der Waals surface area contributed by atoms with Crippen LogP contribution in [0.25, 0.3) is 11.2 Å². The van der Waals surface area contributed by atoms with Crippen LogP contribution in [0.15, 0.2) is 48.9 Å². The number of nitrogens with zero attached hydrogens (tertiary/aromatic N) is 4. The third kappa shape index (κ3) is 3.71. The Balaban J connectivity index is 1.53. The topological polar surface area (TPSA) is 63.1 Å². The molecule has 2 aromatic heterocycles. The fourth-order valence-corrected chi connectivity index (χ4v) is 3.62. The number of nitrogens with one attached hydrogen (secondary N) is 1. The van der Waals surface area contributed by atoms with Gasteiger partial charge in [0.2, 0.25) is 0 Å². The van der Waals surface area contributed by atoms with Crippen molar-refractivity contribution in [3.63, 3.8) is 0 Å². The molecule has 1 aromatic carbocycles. The van der Waals surface area contributed by atoms with Crippen LogP contribution < -0.4 is 5.32 Å². The predicted octanol–water partition coefficient (Wildman–Crippen LogP) is 2.87. The molecule has 0 aliphatic carbocycles. The van der Waals surface area contributed by atoms with Crippen LogP contribution in [0.1, 0.15) is 35.8 Å². The van der Waals surface area contributed by atoms with Gasteiger partial charge in [-0.05, 0) is 17.5 Å². The lowest BCUT2D eigenvalue weighted by molar-refractivity contribution is 0.0702. The van der Waals surface area contributed by atoms with Crippen molar-refractivity contribution in [3.05, 3.63) is 60.0 Å². The molecule has 0 bridgehead atoms. The van der Waals surface area contributed by atoms with Crippen LogP contribution in [0.5, 0.6) is 0 Å². The van der Waals surface area contributed by atoms with Gasteiger partial charge >= 0.3 is 0 Å². The molecule has 3 heterocycles. The highest BCUT2D eigenvalue weighted by atomic mass is 16.2. The van der Waals surface area contributed by atoms with Gasteiger partial charge in [0.15, 0.2) is 5.65 Å². The lowest BCUT2D eigenvalue weighted by Gasteiger charge is -2.34. The van der Waals surface area contributed by atoms with Crippen LogP contribution in [0.4, 0.5) is 0 Å². The number of benzene rings is 1. The van der Waals surface area contributed by atoms with Crippen LogP contribution in [0.2, 0.25) is 0 Å². The van der Waals surface area contributed by atoms with Crippen molar-refractivity contribution in [1.82, 2.24) is 24.8 Å². The summed E-state index contributed by atoms with van der Waals surface area (Å²) in [6.07, 6.45) is 3.49. The van der Waals surface area contributed by atoms with Gasteiger partial charge in [-0.2, -0.15) is 0 Å². The van der Waals surface area contributed by atoms with E-state index in [-0.39, 0.29) is 11.9 Å². The van der Waals surface area contributed by atoms with Crippen LogP contribution in [-0.4, -0.2) is 45.0 Å². The zero-order chi connectivity index (χ0) is 18.8. The van der Waals surface area contributed by atoms with Crippen LogP contribution in [-0.2, 0) is 6.54 Å². The highest BCUT2D eigenvalue weighted by Gasteiger charge is 2.25. The third-order valence-electron chi connectivity index (χ3n) is 4.93. The molecule has 6 heteroatoms. The molecule has 0 saturated carbocycles. The van der Waals surface area contributed by atoms with Crippen molar-refractivity contribution in [2.75, 3.05) is 19.6 Å². The minimum atomic E-state index is 0.0187. The Morgan fingerprint density at radius 3 is 2.85 bits per heavy atom. The van der Waals surface area contributed by atoms with Crippen molar-refractivity contribution in [1.29, 1.82) is 0 Å². The average molecular weight is 363 g/mol. The molecule has 4 rings (SSSR count). The van der Waals surface area contributed by atoms with E-state index >= 15 is 0 Å². The molecule has 1 aliphatic heterocycles. The first kappa shape index (κ1) is 17.7. The van der Waals surface area contributed by atoms with Crippen molar-refractivity contribution < 1.29 is 4.79 Å². The molecule has 0 radical (unpaired) electrons. The molecule has 1 saturated heterocycles. The quantitative estimate of drug-likeness (QED) is 0.774. The number of piperazine rings is 1. The van der Waals surface area contributed by atoms with Gasteiger partial charge in [-0.15, -0.1) is 0 Å². The number of hydrogen-bond acceptors (Lipinski definition) is 4. The van der Waals surface area contributed by atoms with Crippen molar-refractivity contribution in [2.24, 2.45) is 5.92 Å². The summed E-state index contributed by atoms with van der Waals surface area (Å²) in [5.41, 5.74) is 3.42. The number of fused-ring (bicyclic) bond motifs is 1. The smallest absolute Gasteiger partial charge is 0.255 e. The number of amides is 1. The second-order valence-electron chi connectivity index (χ2n) is 7.53. The van der Waals surface area contributed by atoms with E-state index in [1.807, 2.05) is 40.1 Å². The molecule has 140 valence electrons. The molecule has 1 atom stereocenters. The number of pyridine rings is 1. The Morgan fingerprint density at radius 1 is 1.26 bits per heavy atom. The molecule has 1 amide bonds. The molecular weight excluding hydrogens is 338 g/mol. The SMILES string of the molecule is CC(C)Cn1cnc2cc(C(=O)N3CCNC(c4ccccc4)C3)cnc21. The Morgan fingerprint density at radius 2 is 2.07 bits per heavy atom. The highest BCUT2D eigenvalue weighted by Crippen LogP contribution is 2.20. The van der Waals surface area contributed by atoms with Gasteiger partial charge in [0, 0.05) is 38.4 Å². The molecule has 1 unspecified atom stereocenters. The molecule has 1 aliphatic rings. The summed E-state index contributed by atoms with van der Waals surface area (Å²) in [6, 6.07) is 12.3. The summed E-state index contributed by atoms with van der Waals surface area (Å²) < 4.78 is 2.05. The molecule has 1 fully saturated rings. The molecule has 27 heavy (non-hydrogen) atoms. The number of carbonyl (C=O) groups excluding carboxylic acids is 1. The van der Waals surface area contributed by atoms with Crippen LogP contribution >= 0.6 is 0 Å². The predicted molar refractivity (Wildman–Crippen MR) is 105 cm³/mol. The fourth-order valence-electron chi connectivity index (χ4n) is 3.62. The largest absolute Gasteiger partial charge is 0.335 e. The summed E-state index contributed by atoms with van der Waals surface area (Å²) in [4.78, 5) is 23.9. The maximum absolute atomic E-state index is 13.0. The van der Waals surface area contributed by atoms with Gasteiger partial charge in [0.05, 0.1) is 11.9 Å². The zero-order valence-corrected chi connectivity index (χ0v) is 15.8. The summed E-state index contributed by atoms with van der Waals surface area (Å²) in [5, 5.41) is 3.50. The maximum Gasteiger partial charge on any atom is 0.255 e. The van der Waals surface area contributed by atoms with E-state index in [1.165, 1.54) is 5.56 Å². The minimum Gasteiger partial charge on any atom is -0.335 e. The number of carbonyl (C=O) groups is 1. The summed E-state index contributed by atoms with van der Waals surface area (Å²) >= 11 is 0. The number of aromatic nitrogens is 3. The normalized spacial score (nSPS) is 17.6. The summed E-state index contributed by atoms with van der Waals surface area (Å²) in [5.74, 6) is 0.534. The van der Waals surface area contributed by atoms with E-state index in [9.17, 15) is 4.79 Å². The number of imidazole rings is 1. The average Bonchev–Trinajstić information content (AvgIpc) is 3.09. The first-order valence-electron chi connectivity index (χ1n) is 9.50. The standard InChI is InChI=1S/C21H25N5O/c1-15(2)12-26-14-24-18-10-17(11-23-20(18)26)21(27)25-9-8-22-19(13-25)16-6-4-3-5-7-16/h3-7,10-11,14-15,19,22H,8-9,12-13H2,1-2H3. The lowest BCUT2D eigenvalue weighted by Crippen LogP contribution is -2.48. The van der Waals surface area contributed by atoms with Crippen LogP contribution in [0, 0.1) is 5.92 Å².